The van der Waals surface area contributed by atoms with Crippen molar-refractivity contribution in [3.63, 3.8) is 0 Å². The molecule has 36 heavy (non-hydrogen) atoms. The van der Waals surface area contributed by atoms with E-state index in [1.807, 2.05) is 18.2 Å². The second-order valence-corrected chi connectivity index (χ2v) is 9.87. The zero-order chi connectivity index (χ0) is 26.1. The van der Waals surface area contributed by atoms with E-state index in [9.17, 15) is 13.2 Å². The van der Waals surface area contributed by atoms with E-state index in [1.165, 1.54) is 32.6 Å². The molecule has 0 radical (unpaired) electrons. The molecule has 0 bridgehead atoms. The molecule has 0 aliphatic rings. The monoisotopic (exact) mass is 531 g/mol. The summed E-state index contributed by atoms with van der Waals surface area (Å²) in [7, 11) is -0.859. The molecule has 0 spiro atoms. The first kappa shape index (κ1) is 26.8. The fourth-order valence-corrected chi connectivity index (χ4v) is 4.19. The average Bonchev–Trinajstić information content (AvgIpc) is 2.86. The van der Waals surface area contributed by atoms with Crippen molar-refractivity contribution < 1.29 is 27.4 Å². The van der Waals surface area contributed by atoms with Gasteiger partial charge in [0, 0.05) is 16.7 Å². The molecule has 3 aromatic rings. The number of ether oxygens (including phenoxy) is 3. The molecule has 9 nitrogen and oxygen atoms in total. The highest BCUT2D eigenvalue weighted by atomic mass is 35.5. The van der Waals surface area contributed by atoms with Crippen LogP contribution in [-0.4, -0.2) is 47.6 Å². The number of nitrogens with one attached hydrogen (secondary N) is 1. The van der Waals surface area contributed by atoms with Crippen molar-refractivity contribution in [2.24, 2.45) is 5.10 Å². The van der Waals surface area contributed by atoms with Crippen molar-refractivity contribution in [3.05, 3.63) is 82.9 Å². The normalized spacial score (nSPS) is 11.2. The smallest absolute Gasteiger partial charge is 0.260 e. The molecular formula is C25H26ClN3O6S. The van der Waals surface area contributed by atoms with Crippen LogP contribution in [0.1, 0.15) is 11.1 Å². The molecule has 0 fully saturated rings. The quantitative estimate of drug-likeness (QED) is 0.297. The van der Waals surface area contributed by atoms with Crippen LogP contribution in [-0.2, 0) is 21.4 Å². The minimum atomic E-state index is -3.77. The van der Waals surface area contributed by atoms with Gasteiger partial charge < -0.3 is 14.2 Å². The van der Waals surface area contributed by atoms with Gasteiger partial charge >= 0.3 is 0 Å². The standard InChI is InChI=1S/C25H26ClN3O6S/c1-33-23-13-10-20(14-24(23)34-2)29(36(3,31)32)16-25(30)28-27-15-18-8-11-21(12-9-18)35-17-19-6-4-5-7-22(19)26/h4-15H,16-17H2,1-3H3,(H,28,30)/b27-15-. The summed E-state index contributed by atoms with van der Waals surface area (Å²) in [5.74, 6) is 0.798. The van der Waals surface area contributed by atoms with Gasteiger partial charge in [0.15, 0.2) is 11.5 Å². The molecule has 0 aliphatic heterocycles. The number of sulfonamides is 1. The molecule has 190 valence electrons. The number of halogens is 1. The maximum atomic E-state index is 12.4. The first-order valence-electron chi connectivity index (χ1n) is 10.7. The van der Waals surface area contributed by atoms with E-state index >= 15 is 0 Å². The third kappa shape index (κ3) is 7.37. The summed E-state index contributed by atoms with van der Waals surface area (Å²) >= 11 is 6.14. The largest absolute Gasteiger partial charge is 0.493 e. The van der Waals surface area contributed by atoms with Gasteiger partial charge in [-0.1, -0.05) is 29.8 Å². The molecule has 3 rings (SSSR count). The molecule has 0 unspecified atom stereocenters. The molecule has 0 heterocycles. The van der Waals surface area contributed by atoms with Gasteiger partial charge in [0.1, 0.15) is 18.9 Å². The van der Waals surface area contributed by atoms with E-state index < -0.39 is 22.5 Å². The lowest BCUT2D eigenvalue weighted by atomic mass is 10.2. The Labute approximate surface area is 215 Å². The Balaban J connectivity index is 1.59. The highest BCUT2D eigenvalue weighted by molar-refractivity contribution is 7.92. The van der Waals surface area contributed by atoms with Gasteiger partial charge in [-0.15, -0.1) is 0 Å². The fourth-order valence-electron chi connectivity index (χ4n) is 3.15. The van der Waals surface area contributed by atoms with Crippen molar-refractivity contribution in [1.29, 1.82) is 0 Å². The molecule has 0 saturated heterocycles. The van der Waals surface area contributed by atoms with E-state index in [1.54, 1.807) is 36.4 Å². The van der Waals surface area contributed by atoms with E-state index in [0.717, 1.165) is 16.1 Å². The summed E-state index contributed by atoms with van der Waals surface area (Å²) in [6.07, 6.45) is 2.45. The van der Waals surface area contributed by atoms with E-state index in [0.29, 0.717) is 34.4 Å². The Morgan fingerprint density at radius 2 is 1.72 bits per heavy atom. The topological polar surface area (TPSA) is 107 Å². The van der Waals surface area contributed by atoms with E-state index in [4.69, 9.17) is 25.8 Å². The second kappa shape index (κ2) is 12.3. The van der Waals surface area contributed by atoms with Crippen molar-refractivity contribution >= 4 is 39.4 Å². The maximum absolute atomic E-state index is 12.4. The number of benzene rings is 3. The fraction of sp³-hybridized carbons (Fsp3) is 0.200. The number of methoxy groups -OCH3 is 2. The van der Waals surface area contributed by atoms with Crippen LogP contribution in [0.25, 0.3) is 0 Å². The number of hydrazone groups is 1. The molecule has 1 N–H and O–H groups in total. The summed E-state index contributed by atoms with van der Waals surface area (Å²) in [5, 5.41) is 4.55. The predicted octanol–water partition coefficient (Wildman–Crippen LogP) is 3.85. The van der Waals surface area contributed by atoms with Crippen LogP contribution >= 0.6 is 11.6 Å². The Bertz CT molecular complexity index is 1330. The summed E-state index contributed by atoms with van der Waals surface area (Å²) in [6, 6.07) is 19.1. The Hall–Kier alpha value is -3.76. The molecular weight excluding hydrogens is 506 g/mol. The molecule has 1 amide bonds. The molecule has 0 saturated carbocycles. The van der Waals surface area contributed by atoms with Crippen molar-refractivity contribution in [2.45, 2.75) is 6.61 Å². The lowest BCUT2D eigenvalue weighted by molar-refractivity contribution is -0.119. The van der Waals surface area contributed by atoms with Crippen LogP contribution in [0, 0.1) is 0 Å². The number of anilines is 1. The van der Waals surface area contributed by atoms with Gasteiger partial charge in [0.05, 0.1) is 32.4 Å². The second-order valence-electron chi connectivity index (χ2n) is 7.55. The summed E-state index contributed by atoms with van der Waals surface area (Å²) < 4.78 is 41.7. The Morgan fingerprint density at radius 3 is 2.36 bits per heavy atom. The van der Waals surface area contributed by atoms with E-state index in [2.05, 4.69) is 10.5 Å². The van der Waals surface area contributed by atoms with Gasteiger partial charge in [0.25, 0.3) is 5.91 Å². The minimum absolute atomic E-state index is 0.252. The van der Waals surface area contributed by atoms with Crippen LogP contribution in [0.2, 0.25) is 5.02 Å². The number of carbonyl (C=O) groups is 1. The van der Waals surface area contributed by atoms with Crippen molar-refractivity contribution in [1.82, 2.24) is 5.43 Å². The van der Waals surface area contributed by atoms with Crippen LogP contribution in [0.4, 0.5) is 5.69 Å². The zero-order valence-corrected chi connectivity index (χ0v) is 21.5. The average molecular weight is 532 g/mol. The SMILES string of the molecule is COc1ccc(N(CC(=O)N/N=C\c2ccc(OCc3ccccc3Cl)cc2)S(C)(=O)=O)cc1OC. The lowest BCUT2D eigenvalue weighted by Crippen LogP contribution is -2.39. The van der Waals surface area contributed by atoms with Crippen LogP contribution < -0.4 is 23.9 Å². The van der Waals surface area contributed by atoms with Crippen LogP contribution in [0.3, 0.4) is 0 Å². The number of nitrogens with zero attached hydrogens (tertiary/aromatic N) is 2. The molecule has 11 heteroatoms. The number of amides is 1. The molecule has 0 aromatic heterocycles. The van der Waals surface area contributed by atoms with Crippen molar-refractivity contribution in [2.75, 3.05) is 31.3 Å². The number of hydrogen-bond acceptors (Lipinski definition) is 7. The van der Waals surface area contributed by atoms with Gasteiger partial charge in [-0.3, -0.25) is 9.10 Å². The van der Waals surface area contributed by atoms with E-state index in [-0.39, 0.29) is 5.69 Å². The summed E-state index contributed by atoms with van der Waals surface area (Å²) in [4.78, 5) is 12.4. The van der Waals surface area contributed by atoms with Crippen LogP contribution in [0.5, 0.6) is 17.2 Å². The highest BCUT2D eigenvalue weighted by Gasteiger charge is 2.22. The predicted molar refractivity (Wildman–Crippen MR) is 140 cm³/mol. The molecule has 3 aromatic carbocycles. The number of carbonyl (C=O) groups excluding carboxylic acids is 1. The van der Waals surface area contributed by atoms with Crippen molar-refractivity contribution in [3.8, 4) is 17.2 Å². The van der Waals surface area contributed by atoms with Gasteiger partial charge in [0.2, 0.25) is 10.0 Å². The third-order valence-corrected chi connectivity index (χ3v) is 6.49. The number of hydrogen-bond donors (Lipinski definition) is 1. The van der Waals surface area contributed by atoms with Crippen LogP contribution in [0.15, 0.2) is 71.8 Å². The first-order chi connectivity index (χ1) is 17.2. The maximum Gasteiger partial charge on any atom is 0.260 e. The third-order valence-electron chi connectivity index (χ3n) is 4.98. The van der Waals surface area contributed by atoms with Gasteiger partial charge in [-0.2, -0.15) is 5.10 Å². The zero-order valence-electron chi connectivity index (χ0n) is 20.0. The van der Waals surface area contributed by atoms with Gasteiger partial charge in [-0.05, 0) is 48.0 Å². The molecule has 0 aliphatic carbocycles. The summed E-state index contributed by atoms with van der Waals surface area (Å²) in [5.41, 5.74) is 4.18. The Kier molecular flexibility index (Phi) is 9.15. The highest BCUT2D eigenvalue weighted by Crippen LogP contribution is 2.32. The first-order valence-corrected chi connectivity index (χ1v) is 12.9. The minimum Gasteiger partial charge on any atom is -0.493 e. The van der Waals surface area contributed by atoms with Gasteiger partial charge in [-0.25, -0.2) is 13.8 Å². The lowest BCUT2D eigenvalue weighted by Gasteiger charge is -2.22. The molecule has 0 atom stereocenters. The summed E-state index contributed by atoms with van der Waals surface area (Å²) in [6.45, 7) is -0.138. The Morgan fingerprint density at radius 1 is 1.03 bits per heavy atom. The number of rotatable bonds is 11.